The molecule has 0 saturated carbocycles. The summed E-state index contributed by atoms with van der Waals surface area (Å²) in [5.41, 5.74) is 6.20. The third-order valence-corrected chi connectivity index (χ3v) is 3.99. The highest BCUT2D eigenvalue weighted by molar-refractivity contribution is 5.92. The van der Waals surface area contributed by atoms with Crippen molar-refractivity contribution in [2.45, 2.75) is 45.6 Å². The number of oxazole rings is 1. The Morgan fingerprint density at radius 1 is 1.52 bits per heavy atom. The molecule has 2 atom stereocenters. The standard InChI is InChI=1S/C16H25N3O4/c1-3-6-12(17)14-18-13(10-23-14)15(20)19-8-5-7-11(9-19)16(21)22-4-2/h10-12H,3-9,17H2,1-2H3. The van der Waals surface area contributed by atoms with E-state index in [1.165, 1.54) is 6.26 Å². The van der Waals surface area contributed by atoms with Gasteiger partial charge in [0.05, 0.1) is 18.6 Å². The lowest BCUT2D eigenvalue weighted by Crippen LogP contribution is -2.43. The van der Waals surface area contributed by atoms with Crippen LogP contribution in [0.5, 0.6) is 0 Å². The van der Waals surface area contributed by atoms with Crippen LogP contribution < -0.4 is 5.73 Å². The molecule has 0 aliphatic carbocycles. The molecule has 2 N–H and O–H groups in total. The lowest BCUT2D eigenvalue weighted by atomic mass is 9.98. The van der Waals surface area contributed by atoms with Gasteiger partial charge in [0.15, 0.2) is 5.69 Å². The normalized spacial score (nSPS) is 19.4. The van der Waals surface area contributed by atoms with Crippen molar-refractivity contribution in [1.82, 2.24) is 9.88 Å². The highest BCUT2D eigenvalue weighted by atomic mass is 16.5. The Morgan fingerprint density at radius 3 is 3.00 bits per heavy atom. The minimum absolute atomic E-state index is 0.224. The maximum absolute atomic E-state index is 12.5. The topological polar surface area (TPSA) is 98.7 Å². The molecule has 0 radical (unpaired) electrons. The lowest BCUT2D eigenvalue weighted by Gasteiger charge is -2.30. The van der Waals surface area contributed by atoms with Gasteiger partial charge in [-0.1, -0.05) is 13.3 Å². The first-order valence-corrected chi connectivity index (χ1v) is 8.23. The van der Waals surface area contributed by atoms with E-state index >= 15 is 0 Å². The van der Waals surface area contributed by atoms with Gasteiger partial charge in [-0.25, -0.2) is 4.98 Å². The molecule has 2 heterocycles. The van der Waals surface area contributed by atoms with Crippen molar-refractivity contribution in [2.75, 3.05) is 19.7 Å². The summed E-state index contributed by atoms with van der Waals surface area (Å²) in [6.07, 6.45) is 4.54. The molecule has 1 aliphatic heterocycles. The van der Waals surface area contributed by atoms with E-state index in [9.17, 15) is 9.59 Å². The predicted molar refractivity (Wildman–Crippen MR) is 83.6 cm³/mol. The Hall–Kier alpha value is -1.89. The second-order valence-corrected chi connectivity index (χ2v) is 5.81. The smallest absolute Gasteiger partial charge is 0.310 e. The number of aromatic nitrogens is 1. The Labute approximate surface area is 136 Å². The number of carbonyl (C=O) groups excluding carboxylic acids is 2. The molecule has 1 aromatic rings. The molecule has 1 fully saturated rings. The van der Waals surface area contributed by atoms with Gasteiger partial charge in [0, 0.05) is 13.1 Å². The first-order chi connectivity index (χ1) is 11.1. The fourth-order valence-corrected chi connectivity index (χ4v) is 2.77. The molecule has 0 aromatic carbocycles. The number of hydrogen-bond acceptors (Lipinski definition) is 6. The SMILES string of the molecule is CCCC(N)c1nc(C(=O)N2CCCC(C(=O)OCC)C2)co1. The van der Waals surface area contributed by atoms with Crippen molar-refractivity contribution < 1.29 is 18.7 Å². The first kappa shape index (κ1) is 17.5. The van der Waals surface area contributed by atoms with Crippen molar-refractivity contribution in [3.05, 3.63) is 17.8 Å². The molecule has 1 aliphatic rings. The van der Waals surface area contributed by atoms with Crippen LogP contribution in [0, 0.1) is 5.92 Å². The van der Waals surface area contributed by atoms with E-state index in [4.69, 9.17) is 14.9 Å². The van der Waals surface area contributed by atoms with E-state index in [1.54, 1.807) is 11.8 Å². The largest absolute Gasteiger partial charge is 0.466 e. The van der Waals surface area contributed by atoms with Crippen molar-refractivity contribution in [3.63, 3.8) is 0 Å². The van der Waals surface area contributed by atoms with Gasteiger partial charge in [0.2, 0.25) is 5.89 Å². The predicted octanol–water partition coefficient (Wildman–Crippen LogP) is 1.89. The summed E-state index contributed by atoms with van der Waals surface area (Å²) < 4.78 is 10.4. The van der Waals surface area contributed by atoms with E-state index in [1.807, 2.05) is 6.92 Å². The third kappa shape index (κ3) is 4.31. The Kier molecular flexibility index (Phi) is 6.15. The summed E-state index contributed by atoms with van der Waals surface area (Å²) in [6.45, 7) is 5.13. The van der Waals surface area contributed by atoms with Crippen molar-refractivity contribution in [2.24, 2.45) is 11.7 Å². The van der Waals surface area contributed by atoms with Crippen molar-refractivity contribution >= 4 is 11.9 Å². The second kappa shape index (κ2) is 8.10. The summed E-state index contributed by atoms with van der Waals surface area (Å²) in [4.78, 5) is 30.2. The molecule has 0 bridgehead atoms. The third-order valence-electron chi connectivity index (χ3n) is 3.99. The molecule has 2 unspecified atom stereocenters. The lowest BCUT2D eigenvalue weighted by molar-refractivity contribution is -0.149. The average molecular weight is 323 g/mol. The summed E-state index contributed by atoms with van der Waals surface area (Å²) in [7, 11) is 0. The van der Waals surface area contributed by atoms with Crippen LogP contribution >= 0.6 is 0 Å². The van der Waals surface area contributed by atoms with Gasteiger partial charge in [-0.3, -0.25) is 9.59 Å². The number of nitrogens with zero attached hydrogens (tertiary/aromatic N) is 2. The van der Waals surface area contributed by atoms with E-state index in [-0.39, 0.29) is 29.5 Å². The van der Waals surface area contributed by atoms with Crippen LogP contribution in [-0.2, 0) is 9.53 Å². The Balaban J connectivity index is 2.01. The number of carbonyl (C=O) groups is 2. The summed E-state index contributed by atoms with van der Waals surface area (Å²) >= 11 is 0. The van der Waals surface area contributed by atoms with Gasteiger partial charge in [-0.2, -0.15) is 0 Å². The van der Waals surface area contributed by atoms with Crippen LogP contribution in [0.1, 0.15) is 62.0 Å². The monoisotopic (exact) mass is 323 g/mol. The van der Waals surface area contributed by atoms with E-state index in [2.05, 4.69) is 4.98 Å². The fourth-order valence-electron chi connectivity index (χ4n) is 2.77. The number of amides is 1. The van der Waals surface area contributed by atoms with Gasteiger partial charge in [0.1, 0.15) is 6.26 Å². The summed E-state index contributed by atoms with van der Waals surface area (Å²) in [6, 6.07) is -0.296. The highest BCUT2D eigenvalue weighted by Gasteiger charge is 2.31. The zero-order valence-corrected chi connectivity index (χ0v) is 13.8. The van der Waals surface area contributed by atoms with Crippen LogP contribution in [0.3, 0.4) is 0 Å². The quantitative estimate of drug-likeness (QED) is 0.803. The minimum atomic E-state index is -0.296. The van der Waals surface area contributed by atoms with E-state index in [0.29, 0.717) is 25.6 Å². The van der Waals surface area contributed by atoms with Crippen LogP contribution in [0.15, 0.2) is 10.7 Å². The maximum atomic E-state index is 12.5. The molecule has 2 rings (SSSR count). The molecule has 1 amide bonds. The van der Waals surface area contributed by atoms with Crippen LogP contribution in [0.2, 0.25) is 0 Å². The number of nitrogens with two attached hydrogens (primary N) is 1. The molecule has 0 spiro atoms. The highest BCUT2D eigenvalue weighted by Crippen LogP contribution is 2.21. The van der Waals surface area contributed by atoms with Gasteiger partial charge >= 0.3 is 5.97 Å². The number of likely N-dealkylation sites (tertiary alicyclic amines) is 1. The van der Waals surface area contributed by atoms with Crippen LogP contribution in [0.25, 0.3) is 0 Å². The number of ether oxygens (including phenoxy) is 1. The number of piperidine rings is 1. The molecule has 7 nitrogen and oxygen atoms in total. The Morgan fingerprint density at radius 2 is 2.30 bits per heavy atom. The van der Waals surface area contributed by atoms with E-state index < -0.39 is 0 Å². The number of esters is 1. The van der Waals surface area contributed by atoms with Crippen LogP contribution in [-0.4, -0.2) is 41.5 Å². The van der Waals surface area contributed by atoms with Gasteiger partial charge in [0.25, 0.3) is 5.91 Å². The van der Waals surface area contributed by atoms with Crippen LogP contribution in [0.4, 0.5) is 0 Å². The molecule has 23 heavy (non-hydrogen) atoms. The minimum Gasteiger partial charge on any atom is -0.466 e. The molecular weight excluding hydrogens is 298 g/mol. The summed E-state index contributed by atoms with van der Waals surface area (Å²) in [5.74, 6) is -0.343. The Bertz CT molecular complexity index is 543. The number of hydrogen-bond donors (Lipinski definition) is 1. The molecule has 128 valence electrons. The molecule has 7 heteroatoms. The van der Waals surface area contributed by atoms with Crippen molar-refractivity contribution in [3.8, 4) is 0 Å². The molecular formula is C16H25N3O4. The van der Waals surface area contributed by atoms with E-state index in [0.717, 1.165) is 25.7 Å². The second-order valence-electron chi connectivity index (χ2n) is 5.81. The maximum Gasteiger partial charge on any atom is 0.310 e. The fraction of sp³-hybridized carbons (Fsp3) is 0.688. The molecule has 1 saturated heterocycles. The van der Waals surface area contributed by atoms with Gasteiger partial charge in [-0.05, 0) is 26.2 Å². The zero-order valence-electron chi connectivity index (χ0n) is 13.8. The number of rotatable bonds is 6. The zero-order chi connectivity index (χ0) is 16.8. The average Bonchev–Trinajstić information content (AvgIpc) is 3.05. The van der Waals surface area contributed by atoms with Gasteiger partial charge < -0.3 is 19.8 Å². The first-order valence-electron chi connectivity index (χ1n) is 8.23. The van der Waals surface area contributed by atoms with Crippen molar-refractivity contribution in [1.29, 1.82) is 0 Å². The van der Waals surface area contributed by atoms with Gasteiger partial charge in [-0.15, -0.1) is 0 Å². The summed E-state index contributed by atoms with van der Waals surface area (Å²) in [5, 5.41) is 0. The molecule has 1 aromatic heterocycles.